The highest BCUT2D eigenvalue weighted by atomic mass is 32.2. The maximum atomic E-state index is 11.7. The molecule has 3 nitrogen and oxygen atoms in total. The molecular weight excluding hydrogens is 222 g/mol. The highest BCUT2D eigenvalue weighted by Gasteiger charge is 2.26. The van der Waals surface area contributed by atoms with E-state index in [2.05, 4.69) is 0 Å². The van der Waals surface area contributed by atoms with Gasteiger partial charge >= 0.3 is 0 Å². The molecule has 1 rings (SSSR count). The third-order valence-electron chi connectivity index (χ3n) is 3.02. The summed E-state index contributed by atoms with van der Waals surface area (Å²) in [4.78, 5) is 0. The van der Waals surface area contributed by atoms with Crippen LogP contribution in [0.15, 0.2) is 24.3 Å². The van der Waals surface area contributed by atoms with Crippen molar-refractivity contribution in [3.8, 4) is 0 Å². The van der Waals surface area contributed by atoms with E-state index in [9.17, 15) is 8.42 Å². The van der Waals surface area contributed by atoms with Crippen LogP contribution in [0.1, 0.15) is 31.0 Å². The van der Waals surface area contributed by atoms with Crippen molar-refractivity contribution in [2.75, 3.05) is 5.75 Å². The second kappa shape index (κ2) is 4.97. The zero-order valence-electron chi connectivity index (χ0n) is 9.97. The summed E-state index contributed by atoms with van der Waals surface area (Å²) in [6.45, 7) is 5.27. The second-order valence-corrected chi connectivity index (χ2v) is 6.69. The Hall–Kier alpha value is -0.870. The van der Waals surface area contributed by atoms with Gasteiger partial charge in [-0.2, -0.15) is 0 Å². The van der Waals surface area contributed by atoms with Crippen LogP contribution in [0.2, 0.25) is 0 Å². The van der Waals surface area contributed by atoms with Gasteiger partial charge in [0.05, 0.1) is 5.25 Å². The van der Waals surface area contributed by atoms with E-state index in [0.717, 1.165) is 11.1 Å². The molecule has 2 N–H and O–H groups in total. The molecule has 1 aromatic rings. The fourth-order valence-corrected chi connectivity index (χ4v) is 2.82. The molecule has 1 aromatic carbocycles. The molecule has 4 heteroatoms. The first-order chi connectivity index (χ1) is 7.40. The van der Waals surface area contributed by atoms with Crippen molar-refractivity contribution in [2.24, 2.45) is 5.73 Å². The lowest BCUT2D eigenvalue weighted by Crippen LogP contribution is -2.32. The number of sulfone groups is 1. The van der Waals surface area contributed by atoms with Crippen LogP contribution in [0.5, 0.6) is 0 Å². The summed E-state index contributed by atoms with van der Waals surface area (Å²) in [5.74, 6) is 0.133. The van der Waals surface area contributed by atoms with E-state index in [4.69, 9.17) is 5.73 Å². The molecule has 0 unspecified atom stereocenters. The quantitative estimate of drug-likeness (QED) is 0.874. The highest BCUT2D eigenvalue weighted by molar-refractivity contribution is 7.92. The summed E-state index contributed by atoms with van der Waals surface area (Å²) in [6.07, 6.45) is 0. The molecule has 0 aromatic heterocycles. The van der Waals surface area contributed by atoms with E-state index >= 15 is 0 Å². The molecule has 0 bridgehead atoms. The second-order valence-electron chi connectivity index (χ2n) is 4.04. The van der Waals surface area contributed by atoms with E-state index in [0.29, 0.717) is 0 Å². The Morgan fingerprint density at radius 2 is 1.88 bits per heavy atom. The Kier molecular flexibility index (Phi) is 4.10. The van der Waals surface area contributed by atoms with Crippen LogP contribution < -0.4 is 5.73 Å². The average molecular weight is 241 g/mol. The van der Waals surface area contributed by atoms with E-state index in [1.807, 2.05) is 31.2 Å². The predicted molar refractivity (Wildman–Crippen MR) is 67.0 cm³/mol. The minimum Gasteiger partial charge on any atom is -0.323 e. The lowest BCUT2D eigenvalue weighted by Gasteiger charge is -2.21. The number of hydrogen-bond acceptors (Lipinski definition) is 3. The SMILES string of the molecule is CCS(=O)(=O)[C@@H](C)[C@@H](N)c1ccccc1C. The summed E-state index contributed by atoms with van der Waals surface area (Å²) in [7, 11) is -3.09. The van der Waals surface area contributed by atoms with Gasteiger partial charge in [0.1, 0.15) is 0 Å². The fourth-order valence-electron chi connectivity index (χ4n) is 1.70. The van der Waals surface area contributed by atoms with Gasteiger partial charge in [0.15, 0.2) is 9.84 Å². The lowest BCUT2D eigenvalue weighted by molar-refractivity contribution is 0.565. The molecule has 90 valence electrons. The Morgan fingerprint density at radius 1 is 1.31 bits per heavy atom. The van der Waals surface area contributed by atoms with Gasteiger partial charge in [0.25, 0.3) is 0 Å². The third-order valence-corrected chi connectivity index (χ3v) is 5.25. The van der Waals surface area contributed by atoms with Gasteiger partial charge in [-0.05, 0) is 25.0 Å². The van der Waals surface area contributed by atoms with Crippen molar-refractivity contribution in [3.63, 3.8) is 0 Å². The van der Waals surface area contributed by atoms with Gasteiger partial charge in [0.2, 0.25) is 0 Å². The van der Waals surface area contributed by atoms with E-state index in [-0.39, 0.29) is 5.75 Å². The summed E-state index contributed by atoms with van der Waals surface area (Å²) >= 11 is 0. The zero-order valence-corrected chi connectivity index (χ0v) is 10.8. The number of rotatable bonds is 4. The molecule has 2 atom stereocenters. The molecule has 0 aliphatic rings. The topological polar surface area (TPSA) is 60.2 Å². The number of hydrogen-bond donors (Lipinski definition) is 1. The van der Waals surface area contributed by atoms with E-state index in [1.54, 1.807) is 13.8 Å². The van der Waals surface area contributed by atoms with Crippen LogP contribution in [0.25, 0.3) is 0 Å². The molecule has 0 heterocycles. The Balaban J connectivity index is 3.04. The van der Waals surface area contributed by atoms with Crippen molar-refractivity contribution in [2.45, 2.75) is 32.1 Å². The molecular formula is C12H19NO2S. The van der Waals surface area contributed by atoms with Crippen molar-refractivity contribution in [3.05, 3.63) is 35.4 Å². The molecule has 0 aliphatic carbocycles. The smallest absolute Gasteiger partial charge is 0.154 e. The van der Waals surface area contributed by atoms with Gasteiger partial charge in [-0.15, -0.1) is 0 Å². The maximum absolute atomic E-state index is 11.7. The van der Waals surface area contributed by atoms with E-state index in [1.165, 1.54) is 0 Å². The van der Waals surface area contributed by atoms with Gasteiger partial charge < -0.3 is 5.73 Å². The van der Waals surface area contributed by atoms with Crippen LogP contribution in [-0.4, -0.2) is 19.4 Å². The summed E-state index contributed by atoms with van der Waals surface area (Å²) < 4.78 is 23.5. The van der Waals surface area contributed by atoms with Crippen molar-refractivity contribution >= 4 is 9.84 Å². The summed E-state index contributed by atoms with van der Waals surface area (Å²) in [5.41, 5.74) is 7.97. The maximum Gasteiger partial charge on any atom is 0.154 e. The summed E-state index contributed by atoms with van der Waals surface area (Å²) in [5, 5.41) is -0.543. The van der Waals surface area contributed by atoms with Crippen LogP contribution >= 0.6 is 0 Å². The Morgan fingerprint density at radius 3 is 2.38 bits per heavy atom. The highest BCUT2D eigenvalue weighted by Crippen LogP contribution is 2.22. The zero-order chi connectivity index (χ0) is 12.3. The Bertz CT molecular complexity index is 454. The van der Waals surface area contributed by atoms with Crippen LogP contribution in [0.3, 0.4) is 0 Å². The van der Waals surface area contributed by atoms with Crippen molar-refractivity contribution in [1.29, 1.82) is 0 Å². The molecule has 0 amide bonds. The standard InChI is InChI=1S/C12H19NO2S/c1-4-16(14,15)10(3)12(13)11-8-6-5-7-9(11)2/h5-8,10,12H,4,13H2,1-3H3/t10-,12+/m0/s1. The monoisotopic (exact) mass is 241 g/mol. The van der Waals surface area contributed by atoms with Crippen LogP contribution in [0.4, 0.5) is 0 Å². The van der Waals surface area contributed by atoms with Gasteiger partial charge in [0, 0.05) is 11.8 Å². The predicted octanol–water partition coefficient (Wildman–Crippen LogP) is 1.82. The van der Waals surface area contributed by atoms with E-state index < -0.39 is 21.1 Å². The molecule has 0 aliphatic heterocycles. The summed E-state index contributed by atoms with van der Waals surface area (Å²) in [6, 6.07) is 7.19. The molecule has 0 spiro atoms. The molecule has 0 saturated heterocycles. The van der Waals surface area contributed by atoms with Crippen LogP contribution in [0, 0.1) is 6.92 Å². The van der Waals surface area contributed by atoms with Crippen molar-refractivity contribution < 1.29 is 8.42 Å². The lowest BCUT2D eigenvalue weighted by atomic mass is 10.0. The molecule has 0 fully saturated rings. The first kappa shape index (κ1) is 13.2. The molecule has 0 saturated carbocycles. The molecule has 0 radical (unpaired) electrons. The average Bonchev–Trinajstić information content (AvgIpc) is 2.27. The fraction of sp³-hybridized carbons (Fsp3) is 0.500. The Labute approximate surface area is 97.6 Å². The minimum absolute atomic E-state index is 0.133. The number of aryl methyl sites for hydroxylation is 1. The largest absolute Gasteiger partial charge is 0.323 e. The number of benzene rings is 1. The number of nitrogens with two attached hydrogens (primary N) is 1. The van der Waals surface area contributed by atoms with Gasteiger partial charge in [-0.25, -0.2) is 8.42 Å². The molecule has 16 heavy (non-hydrogen) atoms. The third kappa shape index (κ3) is 2.62. The van der Waals surface area contributed by atoms with Gasteiger partial charge in [-0.3, -0.25) is 0 Å². The van der Waals surface area contributed by atoms with Gasteiger partial charge in [-0.1, -0.05) is 31.2 Å². The van der Waals surface area contributed by atoms with Crippen LogP contribution in [-0.2, 0) is 9.84 Å². The first-order valence-electron chi connectivity index (χ1n) is 5.42. The first-order valence-corrected chi connectivity index (χ1v) is 7.14. The normalized spacial score (nSPS) is 15.8. The van der Waals surface area contributed by atoms with Crippen molar-refractivity contribution in [1.82, 2.24) is 0 Å². The minimum atomic E-state index is -3.09.